The van der Waals surface area contributed by atoms with Crippen LogP contribution in [0.15, 0.2) is 18.2 Å². The molecule has 5 heteroatoms. The molecule has 3 nitrogen and oxygen atoms in total. The van der Waals surface area contributed by atoms with Crippen molar-refractivity contribution in [1.82, 2.24) is 0 Å². The van der Waals surface area contributed by atoms with Crippen LogP contribution in [0.2, 0.25) is 5.02 Å². The Bertz CT molecular complexity index is 446. The van der Waals surface area contributed by atoms with Gasteiger partial charge in [0.25, 0.3) is 0 Å². The second-order valence-corrected chi connectivity index (χ2v) is 4.14. The lowest BCUT2D eigenvalue weighted by Crippen LogP contribution is -2.10. The van der Waals surface area contributed by atoms with Crippen LogP contribution in [-0.2, 0) is 20.7 Å². The second kappa shape index (κ2) is 7.11. The van der Waals surface area contributed by atoms with Crippen molar-refractivity contribution < 1.29 is 18.7 Å². The highest BCUT2D eigenvalue weighted by atomic mass is 35.5. The van der Waals surface area contributed by atoms with Crippen molar-refractivity contribution in [3.63, 3.8) is 0 Å². The average molecular weight is 273 g/mol. The number of carbonyl (C=O) groups is 2. The van der Waals surface area contributed by atoms with Crippen LogP contribution < -0.4 is 0 Å². The van der Waals surface area contributed by atoms with Crippen LogP contribution in [0, 0.1) is 5.82 Å². The second-order valence-electron chi connectivity index (χ2n) is 3.73. The van der Waals surface area contributed by atoms with Gasteiger partial charge in [-0.25, -0.2) is 4.39 Å². The molecule has 0 aliphatic heterocycles. The summed E-state index contributed by atoms with van der Waals surface area (Å²) < 4.78 is 18.2. The molecule has 1 aromatic carbocycles. The molecule has 0 aliphatic carbocycles. The molecule has 0 saturated heterocycles. The Kier molecular flexibility index (Phi) is 5.78. The number of rotatable bonds is 6. The normalized spacial score (nSPS) is 10.2. The Morgan fingerprint density at radius 3 is 2.72 bits per heavy atom. The summed E-state index contributed by atoms with van der Waals surface area (Å²) in [5.74, 6) is -1.22. The van der Waals surface area contributed by atoms with E-state index in [1.54, 1.807) is 13.0 Å². The zero-order valence-electron chi connectivity index (χ0n) is 10.0. The summed E-state index contributed by atoms with van der Waals surface area (Å²) in [4.78, 5) is 22.6. The number of ketones is 1. The first-order valence-electron chi connectivity index (χ1n) is 5.64. The Morgan fingerprint density at radius 1 is 1.33 bits per heavy atom. The van der Waals surface area contributed by atoms with Crippen LogP contribution in [0.1, 0.15) is 25.3 Å². The van der Waals surface area contributed by atoms with Crippen molar-refractivity contribution in [3.05, 3.63) is 34.6 Å². The van der Waals surface area contributed by atoms with Gasteiger partial charge in [0.05, 0.1) is 18.1 Å². The Labute approximate surface area is 110 Å². The molecule has 0 N–H and O–H groups in total. The standard InChI is InChI=1S/C13H14ClFO3/c1-2-18-12(17)7-6-10(16)8-9-4-3-5-11(14)13(9)15/h3-5H,2,6-8H2,1H3. The quantitative estimate of drug-likeness (QED) is 0.748. The number of hydrogen-bond acceptors (Lipinski definition) is 3. The smallest absolute Gasteiger partial charge is 0.306 e. The summed E-state index contributed by atoms with van der Waals surface area (Å²) in [6.07, 6.45) is 0.00540. The Morgan fingerprint density at radius 2 is 2.06 bits per heavy atom. The van der Waals surface area contributed by atoms with E-state index in [0.29, 0.717) is 0 Å². The number of halogens is 2. The summed E-state index contributed by atoms with van der Waals surface area (Å²) in [6, 6.07) is 4.51. The van der Waals surface area contributed by atoms with Gasteiger partial charge in [0, 0.05) is 12.8 Å². The van der Waals surface area contributed by atoms with Gasteiger partial charge in [-0.3, -0.25) is 9.59 Å². The molecule has 1 aromatic rings. The van der Waals surface area contributed by atoms with Gasteiger partial charge in [-0.15, -0.1) is 0 Å². The summed E-state index contributed by atoms with van der Waals surface area (Å²) >= 11 is 5.61. The molecule has 0 aliphatic rings. The highest BCUT2D eigenvalue weighted by molar-refractivity contribution is 6.30. The minimum absolute atomic E-state index is 0.00862. The highest BCUT2D eigenvalue weighted by Gasteiger charge is 2.12. The fourth-order valence-corrected chi connectivity index (χ4v) is 1.65. The van der Waals surface area contributed by atoms with E-state index < -0.39 is 11.8 Å². The molecule has 0 spiro atoms. The largest absolute Gasteiger partial charge is 0.466 e. The van der Waals surface area contributed by atoms with E-state index in [0.717, 1.165) is 0 Å². The third-order valence-electron chi connectivity index (χ3n) is 2.33. The number of esters is 1. The number of Topliss-reactive ketones (excluding diaryl/α,β-unsaturated/α-hetero) is 1. The Balaban J connectivity index is 2.50. The number of hydrogen-bond donors (Lipinski definition) is 0. The minimum Gasteiger partial charge on any atom is -0.466 e. The molecule has 0 heterocycles. The molecule has 0 atom stereocenters. The maximum atomic E-state index is 13.5. The summed E-state index contributed by atoms with van der Waals surface area (Å²) in [7, 11) is 0. The van der Waals surface area contributed by atoms with Crippen LogP contribution in [0.25, 0.3) is 0 Å². The monoisotopic (exact) mass is 272 g/mol. The van der Waals surface area contributed by atoms with E-state index in [1.807, 2.05) is 0 Å². The highest BCUT2D eigenvalue weighted by Crippen LogP contribution is 2.18. The number of carbonyl (C=O) groups excluding carboxylic acids is 2. The van der Waals surface area contributed by atoms with E-state index in [2.05, 4.69) is 0 Å². The van der Waals surface area contributed by atoms with E-state index in [1.165, 1.54) is 12.1 Å². The topological polar surface area (TPSA) is 43.4 Å². The molecule has 0 amide bonds. The molecule has 98 valence electrons. The molecular weight excluding hydrogens is 259 g/mol. The zero-order chi connectivity index (χ0) is 13.5. The van der Waals surface area contributed by atoms with E-state index in [4.69, 9.17) is 16.3 Å². The van der Waals surface area contributed by atoms with Gasteiger partial charge >= 0.3 is 5.97 Å². The summed E-state index contributed by atoms with van der Waals surface area (Å²) in [5, 5.41) is -0.00862. The van der Waals surface area contributed by atoms with Crippen LogP contribution in [0.3, 0.4) is 0 Å². The maximum absolute atomic E-state index is 13.5. The molecule has 0 aromatic heterocycles. The van der Waals surface area contributed by atoms with Crippen LogP contribution in [0.5, 0.6) is 0 Å². The van der Waals surface area contributed by atoms with Gasteiger partial charge in [-0.05, 0) is 18.6 Å². The average Bonchev–Trinajstić information content (AvgIpc) is 2.33. The lowest BCUT2D eigenvalue weighted by molar-refractivity contribution is -0.144. The molecule has 0 radical (unpaired) electrons. The van der Waals surface area contributed by atoms with Crippen LogP contribution in [-0.4, -0.2) is 18.4 Å². The Hall–Kier alpha value is -1.42. The van der Waals surface area contributed by atoms with Crippen molar-refractivity contribution in [1.29, 1.82) is 0 Å². The van der Waals surface area contributed by atoms with Crippen molar-refractivity contribution in [2.24, 2.45) is 0 Å². The third-order valence-corrected chi connectivity index (χ3v) is 2.62. The predicted octanol–water partition coefficient (Wildman–Crippen LogP) is 2.93. The molecule has 0 bridgehead atoms. The SMILES string of the molecule is CCOC(=O)CCC(=O)Cc1cccc(Cl)c1F. The molecule has 18 heavy (non-hydrogen) atoms. The number of ether oxygens (including phenoxy) is 1. The molecule has 1 rings (SSSR count). The first-order chi connectivity index (χ1) is 8.54. The van der Waals surface area contributed by atoms with Crippen molar-refractivity contribution in [2.45, 2.75) is 26.2 Å². The summed E-state index contributed by atoms with van der Waals surface area (Å²) in [6.45, 7) is 1.98. The maximum Gasteiger partial charge on any atom is 0.306 e. The first kappa shape index (κ1) is 14.6. The lowest BCUT2D eigenvalue weighted by atomic mass is 10.1. The summed E-state index contributed by atoms with van der Waals surface area (Å²) in [5.41, 5.74) is 0.247. The lowest BCUT2D eigenvalue weighted by Gasteiger charge is -2.04. The van der Waals surface area contributed by atoms with Gasteiger partial charge in [0.1, 0.15) is 11.6 Å². The first-order valence-corrected chi connectivity index (χ1v) is 6.02. The predicted molar refractivity (Wildman–Crippen MR) is 66.0 cm³/mol. The van der Waals surface area contributed by atoms with Crippen molar-refractivity contribution >= 4 is 23.4 Å². The van der Waals surface area contributed by atoms with E-state index in [9.17, 15) is 14.0 Å². The molecule has 0 fully saturated rings. The minimum atomic E-state index is -0.580. The van der Waals surface area contributed by atoms with Gasteiger partial charge in [-0.2, -0.15) is 0 Å². The van der Waals surface area contributed by atoms with Crippen molar-refractivity contribution in [3.8, 4) is 0 Å². The fourth-order valence-electron chi connectivity index (χ4n) is 1.46. The number of benzene rings is 1. The van der Waals surface area contributed by atoms with Gasteiger partial charge in [-0.1, -0.05) is 23.7 Å². The molecule has 0 saturated carbocycles. The van der Waals surface area contributed by atoms with Gasteiger partial charge in [0.15, 0.2) is 0 Å². The molecule has 0 unspecified atom stereocenters. The zero-order valence-corrected chi connectivity index (χ0v) is 10.8. The third kappa shape index (κ3) is 4.45. The fraction of sp³-hybridized carbons (Fsp3) is 0.385. The van der Waals surface area contributed by atoms with Gasteiger partial charge in [0.2, 0.25) is 0 Å². The van der Waals surface area contributed by atoms with E-state index in [-0.39, 0.29) is 42.2 Å². The van der Waals surface area contributed by atoms with E-state index >= 15 is 0 Å². The van der Waals surface area contributed by atoms with Crippen molar-refractivity contribution in [2.75, 3.05) is 6.61 Å². The van der Waals surface area contributed by atoms with Gasteiger partial charge < -0.3 is 4.74 Å². The van der Waals surface area contributed by atoms with Crippen LogP contribution in [0.4, 0.5) is 4.39 Å². The molecular formula is C13H14ClFO3. The van der Waals surface area contributed by atoms with Crippen LogP contribution >= 0.6 is 11.6 Å².